The number of nitrogens with zero attached hydrogens (tertiary/aromatic N) is 1. The lowest BCUT2D eigenvalue weighted by Gasteiger charge is -1.87. The Hall–Kier alpha value is -1.51. The molecule has 0 aromatic carbocycles. The summed E-state index contributed by atoms with van der Waals surface area (Å²) in [6.45, 7) is 0. The summed E-state index contributed by atoms with van der Waals surface area (Å²) in [5.74, 6) is 0. The van der Waals surface area contributed by atoms with Gasteiger partial charge in [0.1, 0.15) is 0 Å². The number of hydrogen-bond acceptors (Lipinski definition) is 1. The van der Waals surface area contributed by atoms with Gasteiger partial charge in [0, 0.05) is 18.5 Å². The smallest absolute Gasteiger partial charge is 0.190 e. The molecule has 2 aromatic heterocycles. The number of aromatic amines is 1. The molecule has 0 atom stereocenters. The Balaban J connectivity index is 2.99. The van der Waals surface area contributed by atoms with Crippen LogP contribution in [0.5, 0.6) is 0 Å². The minimum Gasteiger partial charge on any atom is -0.302 e. The molecular weight excluding hydrogens is 128 g/mol. The van der Waals surface area contributed by atoms with E-state index in [1.165, 1.54) is 6.07 Å². The maximum absolute atomic E-state index is 10.7. The molecule has 1 N–H and O–H groups in total. The molecule has 2 aromatic rings. The summed E-state index contributed by atoms with van der Waals surface area (Å²) in [7, 11) is 0. The van der Waals surface area contributed by atoms with Gasteiger partial charge in [0.2, 0.25) is 0 Å². The largest absolute Gasteiger partial charge is 0.302 e. The van der Waals surface area contributed by atoms with Gasteiger partial charge in [0.05, 0.1) is 11.6 Å². The number of aromatic nitrogens is 2. The summed E-state index contributed by atoms with van der Waals surface area (Å²) in [4.78, 5) is 10.7. The molecule has 0 saturated heterocycles. The fourth-order valence-corrected chi connectivity index (χ4v) is 0.891. The van der Waals surface area contributed by atoms with E-state index in [4.69, 9.17) is 0 Å². The fraction of sp³-hybridized carbons (Fsp3) is 0. The van der Waals surface area contributed by atoms with Gasteiger partial charge in [0.15, 0.2) is 5.43 Å². The van der Waals surface area contributed by atoms with Gasteiger partial charge < -0.3 is 5.10 Å². The van der Waals surface area contributed by atoms with Crippen LogP contribution < -0.4 is 5.43 Å². The van der Waals surface area contributed by atoms with Gasteiger partial charge in [-0.2, -0.15) is 0 Å². The van der Waals surface area contributed by atoms with Crippen LogP contribution in [-0.2, 0) is 0 Å². The fourth-order valence-electron chi connectivity index (χ4n) is 0.891. The zero-order valence-electron chi connectivity index (χ0n) is 5.16. The highest BCUT2D eigenvalue weighted by Gasteiger charge is 1.89. The first-order valence-electron chi connectivity index (χ1n) is 2.94. The van der Waals surface area contributed by atoms with Crippen molar-refractivity contribution < 1.29 is 0 Å². The topological polar surface area (TPSA) is 37.3 Å². The van der Waals surface area contributed by atoms with Crippen LogP contribution in [0.3, 0.4) is 0 Å². The molecule has 0 bridgehead atoms. The van der Waals surface area contributed by atoms with E-state index in [-0.39, 0.29) is 5.43 Å². The van der Waals surface area contributed by atoms with E-state index in [0.29, 0.717) is 0 Å². The lowest BCUT2D eigenvalue weighted by Crippen LogP contribution is -1.98. The average Bonchev–Trinajstić information content (AvgIpc) is 2.33. The maximum atomic E-state index is 10.7. The molecule has 3 nitrogen and oxygen atoms in total. The molecule has 0 unspecified atom stereocenters. The van der Waals surface area contributed by atoms with Crippen molar-refractivity contribution >= 4 is 5.52 Å². The monoisotopic (exact) mass is 133 g/mol. The van der Waals surface area contributed by atoms with Gasteiger partial charge in [0.25, 0.3) is 0 Å². The Bertz CT molecular complexity index is 399. The van der Waals surface area contributed by atoms with Crippen molar-refractivity contribution in [2.24, 2.45) is 0 Å². The van der Waals surface area contributed by atoms with Gasteiger partial charge in [-0.3, -0.25) is 9.31 Å². The van der Waals surface area contributed by atoms with Crippen molar-refractivity contribution in [3.05, 3.63) is 40.8 Å². The molecule has 2 rings (SSSR count). The van der Waals surface area contributed by atoms with E-state index >= 15 is 0 Å². The Morgan fingerprint density at radius 3 is 3.40 bits per heavy atom. The van der Waals surface area contributed by atoms with E-state index in [1.54, 1.807) is 16.9 Å². The number of nitrogens with one attached hydrogen (secondary N) is 1. The highest BCUT2D eigenvalue weighted by molar-refractivity contribution is 5.43. The van der Waals surface area contributed by atoms with E-state index in [0.717, 1.165) is 5.52 Å². The summed E-state index contributed by atoms with van der Waals surface area (Å²) in [5, 5.41) is 2.89. The molecule has 3 heteroatoms. The van der Waals surface area contributed by atoms with Crippen molar-refractivity contribution in [1.82, 2.24) is 9.61 Å². The third kappa shape index (κ3) is 0.639. The molecule has 1 radical (unpaired) electrons. The van der Waals surface area contributed by atoms with Gasteiger partial charge in [-0.25, -0.2) is 0 Å². The molecule has 0 aliphatic carbocycles. The Morgan fingerprint density at radius 2 is 2.50 bits per heavy atom. The number of rotatable bonds is 0. The molecule has 0 saturated carbocycles. The molecule has 0 amide bonds. The van der Waals surface area contributed by atoms with Gasteiger partial charge in [-0.15, -0.1) is 0 Å². The first-order valence-corrected chi connectivity index (χ1v) is 2.94. The predicted molar refractivity (Wildman–Crippen MR) is 36.9 cm³/mol. The zero-order chi connectivity index (χ0) is 6.97. The molecule has 0 aliphatic rings. The number of hydrogen-bond donors (Lipinski definition) is 1. The van der Waals surface area contributed by atoms with Crippen LogP contribution in [-0.4, -0.2) is 9.61 Å². The third-order valence-electron chi connectivity index (χ3n) is 1.36. The van der Waals surface area contributed by atoms with Crippen molar-refractivity contribution in [2.45, 2.75) is 0 Å². The summed E-state index contributed by atoms with van der Waals surface area (Å²) in [5.41, 5.74) is 0.781. The summed E-state index contributed by atoms with van der Waals surface area (Å²) in [6.07, 6.45) is 3.35. The van der Waals surface area contributed by atoms with E-state index in [1.807, 2.05) is 6.07 Å². The number of pyridine rings is 1. The quantitative estimate of drug-likeness (QED) is 0.555. The lowest BCUT2D eigenvalue weighted by molar-refractivity contribution is 0.956. The van der Waals surface area contributed by atoms with Gasteiger partial charge >= 0.3 is 0 Å². The second-order valence-electron chi connectivity index (χ2n) is 2.04. The normalized spacial score (nSPS) is 10.4. The number of fused-ring (bicyclic) bond motifs is 1. The Labute approximate surface area is 56.9 Å². The van der Waals surface area contributed by atoms with Crippen molar-refractivity contribution in [2.75, 3.05) is 0 Å². The highest BCUT2D eigenvalue weighted by Crippen LogP contribution is 1.94. The van der Waals surface area contributed by atoms with Gasteiger partial charge in [-0.05, 0) is 6.07 Å². The third-order valence-corrected chi connectivity index (χ3v) is 1.36. The minimum atomic E-state index is -0.0837. The van der Waals surface area contributed by atoms with Crippen LogP contribution in [0.4, 0.5) is 0 Å². The first kappa shape index (κ1) is 5.29. The standard InChI is InChI=1S/C7H5N2O/c10-7-2-4-9-6(5-7)1-3-8-9/h1,3-5,8H. The maximum Gasteiger partial charge on any atom is 0.190 e. The summed E-state index contributed by atoms with van der Waals surface area (Å²) >= 11 is 0. The zero-order valence-corrected chi connectivity index (χ0v) is 5.16. The SMILES string of the molecule is O=c1[c]cn2[nH]ccc2c1. The van der Waals surface area contributed by atoms with Crippen molar-refractivity contribution in [3.63, 3.8) is 0 Å². The minimum absolute atomic E-state index is 0.0837. The summed E-state index contributed by atoms with van der Waals surface area (Å²) in [6, 6.07) is 5.89. The van der Waals surface area contributed by atoms with E-state index in [2.05, 4.69) is 11.2 Å². The molecule has 2 heterocycles. The van der Waals surface area contributed by atoms with Gasteiger partial charge in [-0.1, -0.05) is 0 Å². The van der Waals surface area contributed by atoms with Crippen LogP contribution in [0, 0.1) is 6.07 Å². The Morgan fingerprint density at radius 1 is 1.60 bits per heavy atom. The van der Waals surface area contributed by atoms with Crippen LogP contribution in [0.15, 0.2) is 29.3 Å². The average molecular weight is 133 g/mol. The van der Waals surface area contributed by atoms with E-state index in [9.17, 15) is 4.79 Å². The highest BCUT2D eigenvalue weighted by atomic mass is 16.1. The first-order chi connectivity index (χ1) is 4.86. The summed E-state index contributed by atoms with van der Waals surface area (Å²) < 4.78 is 1.72. The molecule has 10 heavy (non-hydrogen) atoms. The van der Waals surface area contributed by atoms with Crippen LogP contribution in [0.1, 0.15) is 0 Å². The van der Waals surface area contributed by atoms with E-state index < -0.39 is 0 Å². The van der Waals surface area contributed by atoms with Crippen LogP contribution in [0.25, 0.3) is 5.52 Å². The molecule has 0 aliphatic heterocycles. The second-order valence-corrected chi connectivity index (χ2v) is 2.04. The van der Waals surface area contributed by atoms with Crippen LogP contribution >= 0.6 is 0 Å². The lowest BCUT2D eigenvalue weighted by atomic mass is 10.4. The number of H-pyrrole nitrogens is 1. The van der Waals surface area contributed by atoms with Crippen molar-refractivity contribution in [3.8, 4) is 0 Å². The molecular formula is C7H5N2O. The Kier molecular flexibility index (Phi) is 0.917. The molecule has 0 fully saturated rings. The van der Waals surface area contributed by atoms with Crippen LogP contribution in [0.2, 0.25) is 0 Å². The van der Waals surface area contributed by atoms with Crippen molar-refractivity contribution in [1.29, 1.82) is 0 Å². The molecule has 49 valence electrons. The second kappa shape index (κ2) is 1.73. The molecule has 0 spiro atoms. The predicted octanol–water partition coefficient (Wildman–Crippen LogP) is 0.428.